The Hall–Kier alpha value is -1.66. The summed E-state index contributed by atoms with van der Waals surface area (Å²) in [5.41, 5.74) is 3.90. The van der Waals surface area contributed by atoms with Gasteiger partial charge in [0.25, 0.3) is 0 Å². The summed E-state index contributed by atoms with van der Waals surface area (Å²) in [6.45, 7) is 2.40. The number of benzene rings is 1. The molecule has 2 heterocycles. The van der Waals surface area contributed by atoms with Crippen molar-refractivity contribution in [3.05, 3.63) is 45.6 Å². The first-order chi connectivity index (χ1) is 11.7. The molecule has 0 amide bonds. The van der Waals surface area contributed by atoms with E-state index in [0.717, 1.165) is 35.5 Å². The Kier molecular flexibility index (Phi) is 4.41. The first-order valence-corrected chi connectivity index (χ1v) is 9.28. The maximum Gasteiger partial charge on any atom is 0.224 e. The minimum atomic E-state index is 0.0817. The van der Waals surface area contributed by atoms with Crippen molar-refractivity contribution in [1.29, 1.82) is 0 Å². The summed E-state index contributed by atoms with van der Waals surface area (Å²) in [5.74, 6) is 2.19. The number of aliphatic hydroxyl groups excluding tert-OH is 1. The Morgan fingerprint density at radius 1 is 1.21 bits per heavy atom. The van der Waals surface area contributed by atoms with Crippen LogP contribution in [0, 0.1) is 0 Å². The summed E-state index contributed by atoms with van der Waals surface area (Å²) < 4.78 is 1.14. The first-order valence-electron chi connectivity index (χ1n) is 8.49. The molecule has 0 bridgehead atoms. The van der Waals surface area contributed by atoms with Crippen molar-refractivity contribution in [2.24, 2.45) is 0 Å². The van der Waals surface area contributed by atoms with Gasteiger partial charge in [-0.15, -0.1) is 0 Å². The van der Waals surface area contributed by atoms with Crippen LogP contribution in [0.4, 0.5) is 11.8 Å². The molecule has 126 valence electrons. The second-order valence-corrected chi connectivity index (χ2v) is 7.40. The Labute approximate surface area is 150 Å². The second-order valence-electron chi connectivity index (χ2n) is 6.48. The Balaban J connectivity index is 1.61. The van der Waals surface area contributed by atoms with Gasteiger partial charge in [0.1, 0.15) is 5.82 Å². The van der Waals surface area contributed by atoms with Crippen LogP contribution >= 0.6 is 15.9 Å². The molecule has 2 aliphatic rings. The zero-order valence-corrected chi connectivity index (χ0v) is 15.1. The van der Waals surface area contributed by atoms with E-state index in [4.69, 9.17) is 5.11 Å². The van der Waals surface area contributed by atoms with E-state index in [-0.39, 0.29) is 6.61 Å². The van der Waals surface area contributed by atoms with Crippen molar-refractivity contribution in [2.75, 3.05) is 29.9 Å². The van der Waals surface area contributed by atoms with Gasteiger partial charge in [0.2, 0.25) is 5.95 Å². The fourth-order valence-electron chi connectivity index (χ4n) is 3.17. The molecule has 0 saturated heterocycles. The number of aromatic nitrogens is 2. The predicted octanol–water partition coefficient (Wildman–Crippen LogP) is 3.08. The second kappa shape index (κ2) is 6.69. The van der Waals surface area contributed by atoms with Crippen LogP contribution in [-0.2, 0) is 13.0 Å². The smallest absolute Gasteiger partial charge is 0.224 e. The zero-order chi connectivity index (χ0) is 16.5. The van der Waals surface area contributed by atoms with Crippen molar-refractivity contribution in [3.63, 3.8) is 0 Å². The maximum atomic E-state index is 9.04. The lowest BCUT2D eigenvalue weighted by molar-refractivity contribution is 0.311. The number of nitrogens with one attached hydrogen (secondary N) is 1. The lowest BCUT2D eigenvalue weighted by Gasteiger charge is -2.30. The number of hydrogen-bond donors (Lipinski definition) is 2. The topological polar surface area (TPSA) is 61.3 Å². The minimum absolute atomic E-state index is 0.0817. The lowest BCUT2D eigenvalue weighted by atomic mass is 10.00. The molecule has 6 heteroatoms. The third-order valence-electron chi connectivity index (χ3n) is 4.63. The van der Waals surface area contributed by atoms with Gasteiger partial charge in [0.15, 0.2) is 0 Å². The van der Waals surface area contributed by atoms with Gasteiger partial charge in [-0.05, 0) is 42.5 Å². The highest BCUT2D eigenvalue weighted by atomic mass is 79.9. The quantitative estimate of drug-likeness (QED) is 0.823. The van der Waals surface area contributed by atoms with Gasteiger partial charge in [-0.3, -0.25) is 0 Å². The molecule has 1 aliphatic carbocycles. The zero-order valence-electron chi connectivity index (χ0n) is 13.5. The fourth-order valence-corrected chi connectivity index (χ4v) is 3.58. The van der Waals surface area contributed by atoms with Crippen LogP contribution in [0.2, 0.25) is 0 Å². The summed E-state index contributed by atoms with van der Waals surface area (Å²) in [6, 6.07) is 8.66. The Morgan fingerprint density at radius 2 is 2.08 bits per heavy atom. The van der Waals surface area contributed by atoms with Crippen molar-refractivity contribution in [2.45, 2.75) is 31.7 Å². The number of halogens is 1. The van der Waals surface area contributed by atoms with E-state index in [2.05, 4.69) is 60.4 Å². The van der Waals surface area contributed by atoms with Crippen LogP contribution in [0.5, 0.6) is 0 Å². The van der Waals surface area contributed by atoms with Crippen molar-refractivity contribution < 1.29 is 5.11 Å². The van der Waals surface area contributed by atoms with Crippen LogP contribution in [-0.4, -0.2) is 34.8 Å². The molecule has 1 aromatic heterocycles. The number of aliphatic hydroxyl groups is 1. The lowest BCUT2D eigenvalue weighted by Crippen LogP contribution is -2.31. The monoisotopic (exact) mass is 388 g/mol. The molecule has 1 aliphatic heterocycles. The Morgan fingerprint density at radius 3 is 2.88 bits per heavy atom. The summed E-state index contributed by atoms with van der Waals surface area (Å²) >= 11 is 3.55. The number of rotatable bonds is 5. The van der Waals surface area contributed by atoms with Gasteiger partial charge in [-0.25, -0.2) is 4.98 Å². The molecule has 0 atom stereocenters. The van der Waals surface area contributed by atoms with Crippen LogP contribution < -0.4 is 10.2 Å². The molecular weight excluding hydrogens is 368 g/mol. The highest BCUT2D eigenvalue weighted by molar-refractivity contribution is 9.10. The van der Waals surface area contributed by atoms with Crippen LogP contribution in [0.1, 0.15) is 35.6 Å². The van der Waals surface area contributed by atoms with E-state index >= 15 is 0 Å². The summed E-state index contributed by atoms with van der Waals surface area (Å²) in [5, 5.41) is 12.2. The normalized spacial score (nSPS) is 16.8. The van der Waals surface area contributed by atoms with Crippen LogP contribution in [0.15, 0.2) is 28.7 Å². The third-order valence-corrected chi connectivity index (χ3v) is 5.12. The van der Waals surface area contributed by atoms with Gasteiger partial charge in [0.05, 0.1) is 12.3 Å². The molecule has 1 fully saturated rings. The largest absolute Gasteiger partial charge is 0.395 e. The van der Waals surface area contributed by atoms with E-state index in [9.17, 15) is 0 Å². The number of hydrogen-bond acceptors (Lipinski definition) is 5. The average molecular weight is 389 g/mol. The van der Waals surface area contributed by atoms with Crippen LogP contribution in [0.25, 0.3) is 0 Å². The molecule has 5 nitrogen and oxygen atoms in total. The predicted molar refractivity (Wildman–Crippen MR) is 98.5 cm³/mol. The number of fused-ring (bicyclic) bond motifs is 1. The van der Waals surface area contributed by atoms with Gasteiger partial charge in [-0.1, -0.05) is 22.0 Å². The molecule has 1 saturated carbocycles. The molecule has 0 spiro atoms. The van der Waals surface area contributed by atoms with E-state index in [0.29, 0.717) is 18.4 Å². The molecule has 0 radical (unpaired) electrons. The maximum absolute atomic E-state index is 9.04. The molecule has 0 unspecified atom stereocenters. The SMILES string of the molecule is OCCNc1nc(C2CC2)cc(N2CCc3cc(Br)ccc3C2)n1. The third kappa shape index (κ3) is 3.39. The molecular formula is C18H21BrN4O. The first kappa shape index (κ1) is 15.8. The highest BCUT2D eigenvalue weighted by Crippen LogP contribution is 2.40. The van der Waals surface area contributed by atoms with E-state index in [1.165, 1.54) is 24.0 Å². The number of nitrogens with zero attached hydrogens (tertiary/aromatic N) is 3. The van der Waals surface area contributed by atoms with Gasteiger partial charge >= 0.3 is 0 Å². The van der Waals surface area contributed by atoms with Gasteiger partial charge < -0.3 is 15.3 Å². The molecule has 1 aromatic carbocycles. The van der Waals surface area contributed by atoms with E-state index in [1.54, 1.807) is 0 Å². The molecule has 24 heavy (non-hydrogen) atoms. The average Bonchev–Trinajstić information content (AvgIpc) is 3.44. The molecule has 4 rings (SSSR count). The van der Waals surface area contributed by atoms with Crippen molar-refractivity contribution in [3.8, 4) is 0 Å². The molecule has 2 aromatic rings. The summed E-state index contributed by atoms with van der Waals surface area (Å²) in [6.07, 6.45) is 3.45. The molecule has 2 N–H and O–H groups in total. The van der Waals surface area contributed by atoms with Crippen molar-refractivity contribution >= 4 is 27.7 Å². The fraction of sp³-hybridized carbons (Fsp3) is 0.444. The van der Waals surface area contributed by atoms with Gasteiger partial charge in [0, 0.05) is 36.1 Å². The summed E-state index contributed by atoms with van der Waals surface area (Å²) in [7, 11) is 0. The number of anilines is 2. The Bertz CT molecular complexity index is 748. The van der Waals surface area contributed by atoms with Gasteiger partial charge in [-0.2, -0.15) is 4.98 Å². The van der Waals surface area contributed by atoms with Crippen LogP contribution in [0.3, 0.4) is 0 Å². The minimum Gasteiger partial charge on any atom is -0.395 e. The standard InChI is InChI=1S/C18H21BrN4O/c19-15-4-3-14-11-23(7-5-13(14)9-15)17-10-16(12-1-2-12)21-18(22-17)20-6-8-24/h3-4,9-10,12,24H,1-2,5-8,11H2,(H,20,21,22). The highest BCUT2D eigenvalue weighted by Gasteiger charge is 2.27. The van der Waals surface area contributed by atoms with E-state index in [1.807, 2.05) is 0 Å². The van der Waals surface area contributed by atoms with E-state index < -0.39 is 0 Å². The van der Waals surface area contributed by atoms with Crippen molar-refractivity contribution in [1.82, 2.24) is 9.97 Å². The summed E-state index contributed by atoms with van der Waals surface area (Å²) in [4.78, 5) is 11.6.